The molecule has 2 saturated carbocycles. The number of nitrogens with zero attached hydrogens (tertiary/aromatic N) is 1. The van der Waals surface area contributed by atoms with Crippen LogP contribution in [0, 0.1) is 23.7 Å². The van der Waals surface area contributed by atoms with Gasteiger partial charge in [-0.25, -0.2) is 0 Å². The topological polar surface area (TPSA) is 122 Å². The first-order valence-corrected chi connectivity index (χ1v) is 11.5. The first kappa shape index (κ1) is 23.0. The highest BCUT2D eigenvalue weighted by Gasteiger charge is 2.66. The van der Waals surface area contributed by atoms with E-state index < -0.39 is 54.6 Å². The molecule has 1 aromatic carbocycles. The summed E-state index contributed by atoms with van der Waals surface area (Å²) in [6, 6.07) is 6.44. The molecule has 3 fully saturated rings. The van der Waals surface area contributed by atoms with Gasteiger partial charge in [0.1, 0.15) is 6.54 Å². The number of carbonyl (C=O) groups is 5. The number of hydrogen-bond donors (Lipinski definition) is 2. The second-order valence-corrected chi connectivity index (χ2v) is 9.86. The van der Waals surface area contributed by atoms with Crippen molar-refractivity contribution in [3.05, 3.63) is 34.3 Å². The number of halogens is 3. The van der Waals surface area contributed by atoms with Crippen LogP contribution in [-0.2, 0) is 23.9 Å². The summed E-state index contributed by atoms with van der Waals surface area (Å²) in [5.41, 5.74) is 4.63. The molecule has 4 amide bonds. The van der Waals surface area contributed by atoms with Gasteiger partial charge in [0.2, 0.25) is 11.8 Å². The quantitative estimate of drug-likeness (QED) is 0.248. The number of alkyl halides is 2. The van der Waals surface area contributed by atoms with E-state index in [0.717, 1.165) is 9.37 Å². The summed E-state index contributed by atoms with van der Waals surface area (Å²) in [7, 11) is 0. The summed E-state index contributed by atoms with van der Waals surface area (Å²) < 4.78 is 5.64. The number of amides is 4. The number of nitrogens with one attached hydrogen (secondary N) is 2. The fraction of sp³-hybridized carbons (Fsp3) is 0.450. The lowest BCUT2D eigenvalue weighted by Crippen LogP contribution is -2.44. The zero-order chi connectivity index (χ0) is 23.2. The molecule has 2 aliphatic carbocycles. The average Bonchev–Trinajstić information content (AvgIpc) is 3.37. The van der Waals surface area contributed by atoms with Gasteiger partial charge >= 0.3 is 5.97 Å². The number of likely N-dealkylation sites (tertiary alicyclic amines) is 1. The molecule has 0 aromatic heterocycles. The first-order valence-electron chi connectivity index (χ1n) is 9.82. The number of hydrazine groups is 1. The Kier molecular flexibility index (Phi) is 6.46. The molecule has 2 N–H and O–H groups in total. The van der Waals surface area contributed by atoms with Crippen molar-refractivity contribution < 1.29 is 28.7 Å². The molecule has 1 aliphatic heterocycles. The van der Waals surface area contributed by atoms with Crippen LogP contribution in [0.1, 0.15) is 16.8 Å². The van der Waals surface area contributed by atoms with Crippen LogP contribution in [-0.4, -0.2) is 58.4 Å². The number of rotatable bonds is 5. The Morgan fingerprint density at radius 2 is 1.56 bits per heavy atom. The molecule has 170 valence electrons. The molecule has 0 spiro atoms. The Morgan fingerprint density at radius 1 is 1.00 bits per heavy atom. The summed E-state index contributed by atoms with van der Waals surface area (Å²) in [6.45, 7) is -1.29. The summed E-state index contributed by atoms with van der Waals surface area (Å²) in [5, 5.41) is -0.772. The van der Waals surface area contributed by atoms with Gasteiger partial charge in [-0.05, 0) is 42.5 Å². The van der Waals surface area contributed by atoms with Crippen LogP contribution in [0.4, 0.5) is 0 Å². The fourth-order valence-electron chi connectivity index (χ4n) is 4.72. The summed E-state index contributed by atoms with van der Waals surface area (Å²) >= 11 is 15.8. The van der Waals surface area contributed by atoms with E-state index in [1.165, 1.54) is 0 Å². The minimum Gasteiger partial charge on any atom is -0.454 e. The van der Waals surface area contributed by atoms with E-state index in [4.69, 9.17) is 27.9 Å². The predicted molar refractivity (Wildman–Crippen MR) is 115 cm³/mol. The van der Waals surface area contributed by atoms with Crippen molar-refractivity contribution in [2.75, 3.05) is 13.2 Å². The molecular weight excluding hydrogens is 529 g/mol. The fourth-order valence-corrected chi connectivity index (χ4v) is 5.88. The van der Waals surface area contributed by atoms with Crippen molar-refractivity contribution >= 4 is 68.7 Å². The van der Waals surface area contributed by atoms with Gasteiger partial charge in [0.05, 0.1) is 22.6 Å². The Bertz CT molecular complexity index is 958. The SMILES string of the molecule is O=C(COC(=O)CN1C(=O)[C@@H]2[C@H]3C[C@@H]([C@H](Cl)[C@@H]3Cl)[C@@H]2C1=O)NNC(=O)c1ccc(Br)cc1. The second-order valence-electron chi connectivity index (χ2n) is 7.94. The lowest BCUT2D eigenvalue weighted by atomic mass is 9.80. The molecule has 12 heteroatoms. The van der Waals surface area contributed by atoms with E-state index >= 15 is 0 Å². The second kappa shape index (κ2) is 8.99. The average molecular weight is 547 g/mol. The van der Waals surface area contributed by atoms with E-state index in [9.17, 15) is 24.0 Å². The smallest absolute Gasteiger partial charge is 0.326 e. The lowest BCUT2D eigenvalue weighted by Gasteiger charge is -2.28. The zero-order valence-electron chi connectivity index (χ0n) is 16.4. The van der Waals surface area contributed by atoms with Crippen LogP contribution in [0.3, 0.4) is 0 Å². The van der Waals surface area contributed by atoms with Crippen LogP contribution in [0.5, 0.6) is 0 Å². The van der Waals surface area contributed by atoms with Crippen LogP contribution in [0.2, 0.25) is 0 Å². The zero-order valence-corrected chi connectivity index (χ0v) is 19.5. The Hall–Kier alpha value is -2.17. The largest absolute Gasteiger partial charge is 0.454 e. The third kappa shape index (κ3) is 4.11. The number of carbonyl (C=O) groups excluding carboxylic acids is 5. The van der Waals surface area contributed by atoms with Gasteiger partial charge in [-0.2, -0.15) is 0 Å². The highest BCUT2D eigenvalue weighted by Crippen LogP contribution is 2.59. The summed E-state index contributed by atoms with van der Waals surface area (Å²) in [6.07, 6.45) is 0.625. The maximum Gasteiger partial charge on any atom is 0.326 e. The monoisotopic (exact) mass is 545 g/mol. The number of fused-ring (bicyclic) bond motifs is 5. The van der Waals surface area contributed by atoms with Gasteiger partial charge in [-0.15, -0.1) is 23.2 Å². The van der Waals surface area contributed by atoms with Crippen molar-refractivity contribution in [2.45, 2.75) is 17.2 Å². The van der Waals surface area contributed by atoms with E-state index in [1.54, 1.807) is 24.3 Å². The predicted octanol–water partition coefficient (Wildman–Crippen LogP) is 1.22. The van der Waals surface area contributed by atoms with E-state index in [0.29, 0.717) is 12.0 Å². The highest BCUT2D eigenvalue weighted by atomic mass is 79.9. The molecule has 9 nitrogen and oxygen atoms in total. The lowest BCUT2D eigenvalue weighted by molar-refractivity contribution is -0.155. The van der Waals surface area contributed by atoms with Crippen molar-refractivity contribution in [3.8, 4) is 0 Å². The van der Waals surface area contributed by atoms with Crippen LogP contribution >= 0.6 is 39.1 Å². The Balaban J connectivity index is 1.24. The van der Waals surface area contributed by atoms with Crippen molar-refractivity contribution in [1.82, 2.24) is 15.8 Å². The molecule has 3 aliphatic rings. The van der Waals surface area contributed by atoms with Crippen LogP contribution in [0.25, 0.3) is 0 Å². The minimum atomic E-state index is -0.918. The number of benzene rings is 1. The summed E-state index contributed by atoms with van der Waals surface area (Å²) in [5.74, 6) is -4.66. The molecule has 1 heterocycles. The molecule has 4 rings (SSSR count). The highest BCUT2D eigenvalue weighted by molar-refractivity contribution is 9.10. The normalized spacial score (nSPS) is 30.3. The van der Waals surface area contributed by atoms with Crippen LogP contribution < -0.4 is 10.9 Å². The third-order valence-corrected chi connectivity index (χ3v) is 8.00. The minimum absolute atomic E-state index is 0.188. The van der Waals surface area contributed by atoms with Crippen LogP contribution in [0.15, 0.2) is 28.7 Å². The van der Waals surface area contributed by atoms with Gasteiger partial charge in [0, 0.05) is 10.0 Å². The number of imide groups is 1. The maximum atomic E-state index is 12.7. The molecule has 6 atom stereocenters. The number of esters is 1. The molecule has 32 heavy (non-hydrogen) atoms. The molecule has 1 aromatic rings. The Morgan fingerprint density at radius 3 is 2.12 bits per heavy atom. The standard InChI is InChI=1S/C20H18BrCl2N3O6/c21-9-3-1-8(2-4-9)18(29)25-24-12(27)7-32-13(28)6-26-19(30)14-10-5-11(15(14)20(26)31)17(23)16(10)22/h1-4,10-11,14-17H,5-7H2,(H,24,27)(H,25,29)/t10-,11-,14-,15+,16-,17+/m1/s1. The van der Waals surface area contributed by atoms with Gasteiger partial charge in [0.25, 0.3) is 11.8 Å². The maximum absolute atomic E-state index is 12.7. The Labute approximate surface area is 201 Å². The molecule has 0 unspecified atom stereocenters. The van der Waals surface area contributed by atoms with E-state index in [1.807, 2.05) is 0 Å². The first-order chi connectivity index (χ1) is 15.2. The van der Waals surface area contributed by atoms with E-state index in [2.05, 4.69) is 26.8 Å². The van der Waals surface area contributed by atoms with E-state index in [-0.39, 0.29) is 22.6 Å². The molecule has 1 saturated heterocycles. The number of ether oxygens (including phenoxy) is 1. The molecular formula is C20H18BrCl2N3O6. The molecule has 2 bridgehead atoms. The van der Waals surface area contributed by atoms with Gasteiger partial charge < -0.3 is 4.74 Å². The number of hydrogen-bond acceptors (Lipinski definition) is 6. The summed E-state index contributed by atoms with van der Waals surface area (Å²) in [4.78, 5) is 62.2. The molecule has 0 radical (unpaired) electrons. The third-order valence-electron chi connectivity index (χ3n) is 6.15. The van der Waals surface area contributed by atoms with Crippen molar-refractivity contribution in [2.24, 2.45) is 23.7 Å². The van der Waals surface area contributed by atoms with Gasteiger partial charge in [0.15, 0.2) is 6.61 Å². The van der Waals surface area contributed by atoms with Crippen molar-refractivity contribution in [3.63, 3.8) is 0 Å². The van der Waals surface area contributed by atoms with Gasteiger partial charge in [-0.1, -0.05) is 15.9 Å². The van der Waals surface area contributed by atoms with Crippen molar-refractivity contribution in [1.29, 1.82) is 0 Å². The van der Waals surface area contributed by atoms with Gasteiger partial charge in [-0.3, -0.25) is 39.7 Å².